The molecule has 0 bridgehead atoms. The molecule has 0 aliphatic carbocycles. The van der Waals surface area contributed by atoms with Gasteiger partial charge in [0, 0.05) is 30.8 Å². The fourth-order valence-corrected chi connectivity index (χ4v) is 6.71. The van der Waals surface area contributed by atoms with Gasteiger partial charge in [0.1, 0.15) is 22.9 Å². The zero-order valence-electron chi connectivity index (χ0n) is 22.8. The summed E-state index contributed by atoms with van der Waals surface area (Å²) in [5, 5.41) is 6.56. The Hall–Kier alpha value is -3.50. The zero-order chi connectivity index (χ0) is 27.3. The van der Waals surface area contributed by atoms with Crippen LogP contribution >= 0.6 is 0 Å². The Balaban J connectivity index is 1.05. The van der Waals surface area contributed by atoms with Crippen LogP contribution in [0.25, 0.3) is 22.3 Å². The Morgan fingerprint density at radius 3 is 2.60 bits per heavy atom. The molecule has 8 nitrogen and oxygen atoms in total. The number of aryl methyl sites for hydroxylation is 1. The van der Waals surface area contributed by atoms with E-state index in [1.807, 2.05) is 16.8 Å². The molecule has 0 unspecified atom stereocenters. The molecule has 1 aromatic carbocycles. The first kappa shape index (κ1) is 25.5. The second-order valence-corrected chi connectivity index (χ2v) is 11.7. The third-order valence-corrected chi connectivity index (χ3v) is 9.12. The molecule has 2 N–H and O–H groups in total. The number of fused-ring (bicyclic) bond motifs is 3. The van der Waals surface area contributed by atoms with Crippen molar-refractivity contribution in [3.8, 4) is 11.3 Å². The normalized spacial score (nSPS) is 20.7. The molecule has 10 heteroatoms. The third-order valence-electron chi connectivity index (χ3n) is 9.12. The number of hydrogen-bond donors (Lipinski definition) is 2. The van der Waals surface area contributed by atoms with Crippen LogP contribution in [0.4, 0.5) is 20.5 Å². The molecule has 7 rings (SSSR count). The second kappa shape index (κ2) is 10.2. The Kier molecular flexibility index (Phi) is 6.47. The van der Waals surface area contributed by atoms with E-state index in [1.165, 1.54) is 31.7 Å². The molecule has 1 atom stereocenters. The predicted molar refractivity (Wildman–Crippen MR) is 150 cm³/mol. The van der Waals surface area contributed by atoms with E-state index in [2.05, 4.69) is 48.5 Å². The first-order valence-corrected chi connectivity index (χ1v) is 14.3. The lowest BCUT2D eigenvalue weighted by molar-refractivity contribution is 0.0701. The monoisotopic (exact) mass is 544 g/mol. The standard InChI is InChI=1S/C30H34F2N8/c1-19-2-5-26-37-28-22(31)14-21(15-24(28)40(19)26)27-23(32)17-35-29(38-27)36-25-4-3-20(16-34-25)18-39-12-8-30(9-13-39)6-10-33-11-7-30/h3-4,14-17,19,33H,2,5-13,18H2,1H3,(H,34,35,36,38)/t19-/m1/s1. The molecule has 208 valence electrons. The minimum absolute atomic E-state index is 0.0349. The smallest absolute Gasteiger partial charge is 0.229 e. The number of pyridine rings is 1. The molecule has 0 radical (unpaired) electrons. The Morgan fingerprint density at radius 1 is 1.00 bits per heavy atom. The molecule has 2 fully saturated rings. The van der Waals surface area contributed by atoms with E-state index >= 15 is 4.39 Å². The molecule has 6 heterocycles. The second-order valence-electron chi connectivity index (χ2n) is 11.7. The summed E-state index contributed by atoms with van der Waals surface area (Å²) >= 11 is 0. The first-order valence-electron chi connectivity index (χ1n) is 14.3. The van der Waals surface area contributed by atoms with Crippen LogP contribution < -0.4 is 10.6 Å². The fourth-order valence-electron chi connectivity index (χ4n) is 6.71. The van der Waals surface area contributed by atoms with Gasteiger partial charge in [-0.3, -0.25) is 4.90 Å². The molecular formula is C30H34F2N8. The number of likely N-dealkylation sites (tertiary alicyclic amines) is 1. The van der Waals surface area contributed by atoms with Crippen LogP contribution in [0.5, 0.6) is 0 Å². The summed E-state index contributed by atoms with van der Waals surface area (Å²) in [5.74, 6) is 0.537. The largest absolute Gasteiger partial charge is 0.325 e. The van der Waals surface area contributed by atoms with Gasteiger partial charge in [-0.05, 0) is 94.4 Å². The summed E-state index contributed by atoms with van der Waals surface area (Å²) in [4.78, 5) is 20.0. The van der Waals surface area contributed by atoms with E-state index in [9.17, 15) is 4.39 Å². The Labute approximate surface area is 232 Å². The van der Waals surface area contributed by atoms with Crippen LogP contribution in [0.3, 0.4) is 0 Å². The van der Waals surface area contributed by atoms with Crippen LogP contribution in [0.2, 0.25) is 0 Å². The number of anilines is 2. The molecule has 3 aliphatic rings. The number of imidazole rings is 1. The SMILES string of the molecule is C[C@@H]1CCc2nc3c(F)cc(-c4nc(Nc5ccc(CN6CCC7(CCNCC7)CC6)cn5)ncc4F)cc3n21. The van der Waals surface area contributed by atoms with Gasteiger partial charge in [0.2, 0.25) is 5.95 Å². The van der Waals surface area contributed by atoms with Crippen LogP contribution in [-0.4, -0.2) is 55.6 Å². The molecular weight excluding hydrogens is 510 g/mol. The summed E-state index contributed by atoms with van der Waals surface area (Å²) in [6.07, 6.45) is 9.87. The van der Waals surface area contributed by atoms with Crippen molar-refractivity contribution in [3.63, 3.8) is 0 Å². The van der Waals surface area contributed by atoms with Gasteiger partial charge >= 0.3 is 0 Å². The Morgan fingerprint density at radius 2 is 1.82 bits per heavy atom. The lowest BCUT2D eigenvalue weighted by atomic mass is 9.71. The van der Waals surface area contributed by atoms with Crippen molar-refractivity contribution in [1.29, 1.82) is 0 Å². The van der Waals surface area contributed by atoms with Gasteiger partial charge in [-0.2, -0.15) is 0 Å². The lowest BCUT2D eigenvalue weighted by Crippen LogP contribution is -2.45. The molecule has 0 saturated carbocycles. The summed E-state index contributed by atoms with van der Waals surface area (Å²) < 4.78 is 31.9. The lowest BCUT2D eigenvalue weighted by Gasteiger charge is -2.44. The van der Waals surface area contributed by atoms with Gasteiger partial charge < -0.3 is 15.2 Å². The molecule has 4 aromatic rings. The summed E-state index contributed by atoms with van der Waals surface area (Å²) in [6, 6.07) is 7.23. The summed E-state index contributed by atoms with van der Waals surface area (Å²) in [7, 11) is 0. The van der Waals surface area contributed by atoms with E-state index in [-0.39, 0.29) is 17.7 Å². The number of piperidine rings is 2. The van der Waals surface area contributed by atoms with Crippen LogP contribution in [0.15, 0.2) is 36.7 Å². The van der Waals surface area contributed by atoms with Gasteiger partial charge in [0.25, 0.3) is 0 Å². The molecule has 40 heavy (non-hydrogen) atoms. The minimum Gasteiger partial charge on any atom is -0.325 e. The molecule has 3 aliphatic heterocycles. The van der Waals surface area contributed by atoms with E-state index in [4.69, 9.17) is 0 Å². The van der Waals surface area contributed by atoms with Crippen molar-refractivity contribution < 1.29 is 8.78 Å². The van der Waals surface area contributed by atoms with Crippen molar-refractivity contribution in [2.24, 2.45) is 5.41 Å². The highest BCUT2D eigenvalue weighted by molar-refractivity contribution is 5.83. The van der Waals surface area contributed by atoms with E-state index in [0.717, 1.165) is 63.2 Å². The quantitative estimate of drug-likeness (QED) is 0.349. The molecule has 1 spiro atoms. The first-order chi connectivity index (χ1) is 19.5. The number of nitrogens with zero attached hydrogens (tertiary/aromatic N) is 6. The highest BCUT2D eigenvalue weighted by Gasteiger charge is 2.35. The predicted octanol–water partition coefficient (Wildman–Crippen LogP) is 5.38. The van der Waals surface area contributed by atoms with Gasteiger partial charge in [-0.15, -0.1) is 0 Å². The van der Waals surface area contributed by atoms with Gasteiger partial charge in [0.15, 0.2) is 11.6 Å². The molecule has 3 aromatic heterocycles. The fraction of sp³-hybridized carbons (Fsp3) is 0.467. The highest BCUT2D eigenvalue weighted by atomic mass is 19.1. The van der Waals surface area contributed by atoms with Crippen LogP contribution in [0, 0.1) is 17.0 Å². The number of aromatic nitrogens is 5. The maximum absolute atomic E-state index is 15.0. The number of halogens is 2. The maximum atomic E-state index is 15.0. The van der Waals surface area contributed by atoms with Gasteiger partial charge in [0.05, 0.1) is 11.7 Å². The summed E-state index contributed by atoms with van der Waals surface area (Å²) in [6.45, 7) is 7.51. The van der Waals surface area contributed by atoms with Gasteiger partial charge in [-0.25, -0.2) is 28.7 Å². The molecule has 2 saturated heterocycles. The topological polar surface area (TPSA) is 83.8 Å². The number of hydrogen-bond acceptors (Lipinski definition) is 7. The van der Waals surface area contributed by atoms with Crippen molar-refractivity contribution in [2.45, 2.75) is 58.0 Å². The van der Waals surface area contributed by atoms with Crippen molar-refractivity contribution in [3.05, 3.63) is 59.7 Å². The van der Waals surface area contributed by atoms with Crippen LogP contribution in [0.1, 0.15) is 56.5 Å². The minimum atomic E-state index is -0.616. The van der Waals surface area contributed by atoms with E-state index < -0.39 is 11.6 Å². The van der Waals surface area contributed by atoms with E-state index in [1.54, 1.807) is 6.07 Å². The third kappa shape index (κ3) is 4.73. The summed E-state index contributed by atoms with van der Waals surface area (Å²) in [5.41, 5.74) is 3.06. The van der Waals surface area contributed by atoms with Crippen molar-refractivity contribution in [2.75, 3.05) is 31.5 Å². The zero-order valence-corrected chi connectivity index (χ0v) is 22.8. The van der Waals surface area contributed by atoms with Crippen molar-refractivity contribution in [1.82, 2.24) is 34.7 Å². The van der Waals surface area contributed by atoms with Crippen molar-refractivity contribution >= 4 is 22.8 Å². The number of benzene rings is 1. The number of rotatable bonds is 5. The number of nitrogens with one attached hydrogen (secondary N) is 2. The maximum Gasteiger partial charge on any atom is 0.229 e. The highest BCUT2D eigenvalue weighted by Crippen LogP contribution is 2.40. The van der Waals surface area contributed by atoms with Crippen LogP contribution in [-0.2, 0) is 13.0 Å². The Bertz CT molecular complexity index is 1530. The van der Waals surface area contributed by atoms with E-state index in [0.29, 0.717) is 27.8 Å². The molecule has 0 amide bonds. The van der Waals surface area contributed by atoms with Gasteiger partial charge in [-0.1, -0.05) is 6.07 Å². The average Bonchev–Trinajstić information content (AvgIpc) is 3.53. The average molecular weight is 545 g/mol.